The molecule has 1 aromatic carbocycles. The van der Waals surface area contributed by atoms with Gasteiger partial charge in [0.05, 0.1) is 31.2 Å². The van der Waals surface area contributed by atoms with Gasteiger partial charge in [-0.05, 0) is 19.4 Å². The Balaban J connectivity index is 1.67. The van der Waals surface area contributed by atoms with Gasteiger partial charge in [-0.3, -0.25) is 4.79 Å². The highest BCUT2D eigenvalue weighted by atomic mass is 32.2. The number of fused-ring (bicyclic) bond motifs is 1. The molecular weight excluding hydrogens is 424 g/mol. The lowest BCUT2D eigenvalue weighted by atomic mass is 10.1. The molecule has 0 radical (unpaired) electrons. The van der Waals surface area contributed by atoms with Crippen molar-refractivity contribution in [3.05, 3.63) is 41.6 Å². The van der Waals surface area contributed by atoms with Crippen LogP contribution < -0.4 is 10.6 Å². The third-order valence-electron chi connectivity index (χ3n) is 4.65. The molecule has 32 heavy (non-hydrogen) atoms. The number of aromatic nitrogens is 4. The molecule has 2 aromatic heterocycles. The molecule has 0 aliphatic heterocycles. The van der Waals surface area contributed by atoms with E-state index in [0.717, 1.165) is 28.0 Å². The first-order valence-corrected chi connectivity index (χ1v) is 11.9. The van der Waals surface area contributed by atoms with Crippen LogP contribution in [0.25, 0.3) is 11.0 Å². The van der Waals surface area contributed by atoms with Gasteiger partial charge in [-0.25, -0.2) is 14.6 Å². The Labute approximate surface area is 193 Å². The molecule has 0 aliphatic carbocycles. The van der Waals surface area contributed by atoms with E-state index in [1.54, 1.807) is 18.0 Å². The predicted octanol–water partition coefficient (Wildman–Crippen LogP) is 3.44. The second-order valence-corrected chi connectivity index (χ2v) is 9.31. The molecule has 0 bridgehead atoms. The summed E-state index contributed by atoms with van der Waals surface area (Å²) in [6, 6.07) is 8.00. The molecule has 0 unspecified atom stereocenters. The molecule has 0 aliphatic rings. The number of rotatable bonds is 12. The number of nitrogens with zero attached hydrogens (tertiary/aromatic N) is 4. The fourth-order valence-electron chi connectivity index (χ4n) is 3.25. The lowest BCUT2D eigenvalue weighted by Crippen LogP contribution is -2.29. The van der Waals surface area contributed by atoms with Crippen molar-refractivity contribution >= 4 is 34.5 Å². The van der Waals surface area contributed by atoms with E-state index in [0.29, 0.717) is 49.7 Å². The zero-order chi connectivity index (χ0) is 22.9. The highest BCUT2D eigenvalue weighted by molar-refractivity contribution is 7.99. The summed E-state index contributed by atoms with van der Waals surface area (Å²) >= 11 is 1.61. The number of benzene rings is 1. The molecule has 2 N–H and O–H groups in total. The highest BCUT2D eigenvalue weighted by Gasteiger charge is 2.14. The zero-order valence-electron chi connectivity index (χ0n) is 19.2. The number of ether oxygens (including phenoxy) is 1. The molecule has 172 valence electrons. The Hall–Kier alpha value is -2.65. The van der Waals surface area contributed by atoms with Gasteiger partial charge in [0.1, 0.15) is 5.82 Å². The largest absolute Gasteiger partial charge is 0.380 e. The molecule has 9 heteroatoms. The van der Waals surface area contributed by atoms with Gasteiger partial charge in [-0.15, -0.1) is 0 Å². The number of hydrogen-bond donors (Lipinski definition) is 2. The van der Waals surface area contributed by atoms with Crippen molar-refractivity contribution in [2.24, 2.45) is 0 Å². The lowest BCUT2D eigenvalue weighted by molar-refractivity contribution is -0.120. The molecule has 0 spiro atoms. The van der Waals surface area contributed by atoms with Gasteiger partial charge >= 0.3 is 0 Å². The Kier molecular flexibility index (Phi) is 8.87. The van der Waals surface area contributed by atoms with Crippen LogP contribution in [0, 0.1) is 6.92 Å². The van der Waals surface area contributed by atoms with Gasteiger partial charge in [0.15, 0.2) is 10.8 Å². The van der Waals surface area contributed by atoms with E-state index in [1.165, 1.54) is 0 Å². The summed E-state index contributed by atoms with van der Waals surface area (Å²) in [6.45, 7) is 11.2. The summed E-state index contributed by atoms with van der Waals surface area (Å²) < 4.78 is 7.24. The Morgan fingerprint density at radius 3 is 2.84 bits per heavy atom. The average Bonchev–Trinajstić information content (AvgIpc) is 3.14. The molecule has 0 atom stereocenters. The van der Waals surface area contributed by atoms with Crippen LogP contribution in [0.2, 0.25) is 0 Å². The maximum atomic E-state index is 12.3. The minimum absolute atomic E-state index is 0.00369. The highest BCUT2D eigenvalue weighted by Crippen LogP contribution is 2.26. The van der Waals surface area contributed by atoms with Crippen LogP contribution in [0.4, 0.5) is 5.82 Å². The van der Waals surface area contributed by atoms with Crippen LogP contribution in [0.1, 0.15) is 31.9 Å². The summed E-state index contributed by atoms with van der Waals surface area (Å²) in [6.07, 6.45) is 2.14. The summed E-state index contributed by atoms with van der Waals surface area (Å²) in [7, 11) is 0. The van der Waals surface area contributed by atoms with Crippen molar-refractivity contribution in [1.29, 1.82) is 0 Å². The second kappa shape index (κ2) is 11.8. The van der Waals surface area contributed by atoms with E-state index >= 15 is 0 Å². The van der Waals surface area contributed by atoms with Crippen LogP contribution in [0.5, 0.6) is 0 Å². The van der Waals surface area contributed by atoms with Crippen molar-refractivity contribution in [2.45, 2.75) is 51.1 Å². The van der Waals surface area contributed by atoms with Gasteiger partial charge < -0.3 is 15.4 Å². The van der Waals surface area contributed by atoms with E-state index in [1.807, 2.05) is 42.8 Å². The maximum absolute atomic E-state index is 12.3. The van der Waals surface area contributed by atoms with E-state index in [-0.39, 0.29) is 5.91 Å². The van der Waals surface area contributed by atoms with Gasteiger partial charge in [0, 0.05) is 24.9 Å². The van der Waals surface area contributed by atoms with E-state index in [4.69, 9.17) is 9.72 Å². The minimum Gasteiger partial charge on any atom is -0.380 e. The normalized spacial score (nSPS) is 11.3. The van der Waals surface area contributed by atoms with Gasteiger partial charge in [-0.2, -0.15) is 5.10 Å². The molecule has 0 saturated carbocycles. The summed E-state index contributed by atoms with van der Waals surface area (Å²) in [5.41, 5.74) is 2.92. The summed E-state index contributed by atoms with van der Waals surface area (Å²) in [4.78, 5) is 21.7. The lowest BCUT2D eigenvalue weighted by Gasteiger charge is -2.11. The molecule has 0 fully saturated rings. The van der Waals surface area contributed by atoms with Crippen molar-refractivity contribution < 1.29 is 9.53 Å². The smallest absolute Gasteiger partial charge is 0.224 e. The fraction of sp³-hybridized carbons (Fsp3) is 0.478. The first kappa shape index (κ1) is 24.0. The summed E-state index contributed by atoms with van der Waals surface area (Å²) in [5.74, 6) is 0.753. The summed E-state index contributed by atoms with van der Waals surface area (Å²) in [5, 5.41) is 12.8. The van der Waals surface area contributed by atoms with E-state index < -0.39 is 0 Å². The van der Waals surface area contributed by atoms with Crippen LogP contribution in [0.15, 0.2) is 35.6 Å². The minimum atomic E-state index is -0.00369. The molecule has 3 aromatic rings. The van der Waals surface area contributed by atoms with Crippen molar-refractivity contribution in [2.75, 3.05) is 31.6 Å². The van der Waals surface area contributed by atoms with E-state index in [2.05, 4.69) is 34.6 Å². The van der Waals surface area contributed by atoms with Gasteiger partial charge in [0.25, 0.3) is 0 Å². The van der Waals surface area contributed by atoms with E-state index in [9.17, 15) is 4.79 Å². The number of carbonyl (C=O) groups is 1. The number of aryl methyl sites for hydroxylation is 1. The standard InChI is InChI=1S/C23H32N6O2S/c1-5-31-12-10-25-21-19-15-26-29(22(19)28-23(27-21)32-16(2)3)11-9-24-20(30)14-18-8-6-7-17(4)13-18/h6-8,13,15-16H,5,9-12,14H2,1-4H3,(H,24,30)(H,25,27,28). The topological polar surface area (TPSA) is 94.0 Å². The van der Waals surface area contributed by atoms with Crippen molar-refractivity contribution in [1.82, 2.24) is 25.1 Å². The Morgan fingerprint density at radius 2 is 2.09 bits per heavy atom. The van der Waals surface area contributed by atoms with Crippen molar-refractivity contribution in [3.8, 4) is 0 Å². The molecular formula is C23H32N6O2S. The molecule has 3 rings (SSSR count). The molecule has 2 heterocycles. The Morgan fingerprint density at radius 1 is 1.25 bits per heavy atom. The second-order valence-electron chi connectivity index (χ2n) is 7.77. The average molecular weight is 457 g/mol. The van der Waals surface area contributed by atoms with Crippen LogP contribution in [-0.2, 0) is 22.5 Å². The molecule has 8 nitrogen and oxygen atoms in total. The number of anilines is 1. The number of nitrogens with one attached hydrogen (secondary N) is 2. The number of amides is 1. The van der Waals surface area contributed by atoms with Gasteiger partial charge in [-0.1, -0.05) is 55.4 Å². The van der Waals surface area contributed by atoms with Gasteiger partial charge in [0.2, 0.25) is 5.91 Å². The molecule has 1 amide bonds. The van der Waals surface area contributed by atoms with Crippen LogP contribution >= 0.6 is 11.8 Å². The SMILES string of the molecule is CCOCCNc1nc(SC(C)C)nc2c1cnn2CCNC(=O)Cc1cccc(C)c1. The number of hydrogen-bond acceptors (Lipinski definition) is 7. The number of carbonyl (C=O) groups excluding carboxylic acids is 1. The molecule has 0 saturated heterocycles. The predicted molar refractivity (Wildman–Crippen MR) is 129 cm³/mol. The zero-order valence-corrected chi connectivity index (χ0v) is 20.0. The van der Waals surface area contributed by atoms with Crippen LogP contribution in [0.3, 0.4) is 0 Å². The number of thioether (sulfide) groups is 1. The quantitative estimate of drug-likeness (QED) is 0.245. The maximum Gasteiger partial charge on any atom is 0.224 e. The van der Waals surface area contributed by atoms with Crippen molar-refractivity contribution in [3.63, 3.8) is 0 Å². The third-order valence-corrected chi connectivity index (χ3v) is 5.52. The van der Waals surface area contributed by atoms with Crippen LogP contribution in [-0.4, -0.2) is 57.2 Å². The first-order chi connectivity index (χ1) is 15.5. The Bertz CT molecular complexity index is 1040. The fourth-order valence-corrected chi connectivity index (χ4v) is 3.96. The third kappa shape index (κ3) is 6.93. The monoisotopic (exact) mass is 456 g/mol. The first-order valence-electron chi connectivity index (χ1n) is 11.0.